The molecule has 108 valence electrons. The van der Waals surface area contributed by atoms with Gasteiger partial charge in [0.05, 0.1) is 5.92 Å². The smallest absolute Gasteiger partial charge is 0.225 e. The second-order valence-corrected chi connectivity index (χ2v) is 5.52. The Morgan fingerprint density at radius 2 is 2.15 bits per heavy atom. The van der Waals surface area contributed by atoms with Crippen LogP contribution in [0.2, 0.25) is 5.02 Å². The number of likely N-dealkylation sites (tertiary alicyclic amines) is 1. The Bertz CT molecular complexity index is 504. The van der Waals surface area contributed by atoms with E-state index in [0.29, 0.717) is 18.1 Å². The number of nitrogens with zero attached hydrogens (tertiary/aromatic N) is 1. The van der Waals surface area contributed by atoms with Gasteiger partial charge in [0.1, 0.15) is 0 Å². The summed E-state index contributed by atoms with van der Waals surface area (Å²) in [6.45, 7) is 3.24. The summed E-state index contributed by atoms with van der Waals surface area (Å²) in [5, 5.41) is 3.56. The third-order valence-corrected chi connectivity index (χ3v) is 4.02. The van der Waals surface area contributed by atoms with E-state index in [0.717, 1.165) is 24.9 Å². The first kappa shape index (κ1) is 14.9. The highest BCUT2D eigenvalue weighted by atomic mass is 35.5. The van der Waals surface area contributed by atoms with Crippen molar-refractivity contribution in [2.75, 3.05) is 13.1 Å². The molecule has 0 radical (unpaired) electrons. The van der Waals surface area contributed by atoms with Crippen LogP contribution in [0.5, 0.6) is 0 Å². The summed E-state index contributed by atoms with van der Waals surface area (Å²) in [5.74, 6) is -0.0837. The molecule has 2 rings (SSSR count). The van der Waals surface area contributed by atoms with Crippen molar-refractivity contribution < 1.29 is 9.59 Å². The highest BCUT2D eigenvalue weighted by Gasteiger charge is 2.26. The van der Waals surface area contributed by atoms with E-state index in [1.54, 1.807) is 17.9 Å². The third-order valence-electron chi connectivity index (χ3n) is 3.65. The van der Waals surface area contributed by atoms with E-state index in [2.05, 4.69) is 5.32 Å². The van der Waals surface area contributed by atoms with Gasteiger partial charge in [-0.1, -0.05) is 29.8 Å². The van der Waals surface area contributed by atoms with Crippen molar-refractivity contribution in [2.24, 2.45) is 5.92 Å². The first-order valence-electron chi connectivity index (χ1n) is 6.84. The second kappa shape index (κ2) is 6.75. The number of rotatable bonds is 3. The zero-order valence-corrected chi connectivity index (χ0v) is 12.3. The maximum atomic E-state index is 12.2. The molecule has 1 aliphatic rings. The van der Waals surface area contributed by atoms with E-state index in [4.69, 9.17) is 11.6 Å². The molecular formula is C15H19ClN2O2. The van der Waals surface area contributed by atoms with Crippen LogP contribution in [0.25, 0.3) is 0 Å². The molecule has 0 saturated carbocycles. The van der Waals surface area contributed by atoms with Crippen LogP contribution in [0.3, 0.4) is 0 Å². The molecule has 1 aromatic carbocycles. The monoisotopic (exact) mass is 294 g/mol. The van der Waals surface area contributed by atoms with E-state index >= 15 is 0 Å². The predicted molar refractivity (Wildman–Crippen MR) is 78.3 cm³/mol. The zero-order chi connectivity index (χ0) is 14.5. The molecule has 4 nitrogen and oxygen atoms in total. The Kier molecular flexibility index (Phi) is 5.01. The van der Waals surface area contributed by atoms with E-state index in [-0.39, 0.29) is 17.7 Å². The Morgan fingerprint density at radius 1 is 1.40 bits per heavy atom. The van der Waals surface area contributed by atoms with Gasteiger partial charge in [0.2, 0.25) is 11.8 Å². The number of piperidine rings is 1. The van der Waals surface area contributed by atoms with Gasteiger partial charge in [-0.15, -0.1) is 0 Å². The predicted octanol–water partition coefficient (Wildman–Crippen LogP) is 2.21. The minimum absolute atomic E-state index is 0.00382. The van der Waals surface area contributed by atoms with Crippen LogP contribution in [0.15, 0.2) is 24.3 Å². The SMILES string of the molecule is CC(=O)N1CCC[C@@H](C(=O)NCc2ccccc2Cl)C1. The van der Waals surface area contributed by atoms with Gasteiger partial charge in [0, 0.05) is 31.6 Å². The van der Waals surface area contributed by atoms with Gasteiger partial charge in [0.25, 0.3) is 0 Å². The number of amides is 2. The molecule has 1 atom stereocenters. The van der Waals surface area contributed by atoms with Crippen molar-refractivity contribution >= 4 is 23.4 Å². The summed E-state index contributed by atoms with van der Waals surface area (Å²) in [6, 6.07) is 7.46. The molecule has 20 heavy (non-hydrogen) atoms. The first-order chi connectivity index (χ1) is 9.58. The van der Waals surface area contributed by atoms with Crippen LogP contribution in [0.1, 0.15) is 25.3 Å². The van der Waals surface area contributed by atoms with Gasteiger partial charge in [-0.05, 0) is 24.5 Å². The number of benzene rings is 1. The zero-order valence-electron chi connectivity index (χ0n) is 11.6. The summed E-state index contributed by atoms with van der Waals surface area (Å²) in [5.41, 5.74) is 0.904. The third kappa shape index (κ3) is 3.73. The summed E-state index contributed by atoms with van der Waals surface area (Å²) in [7, 11) is 0. The largest absolute Gasteiger partial charge is 0.352 e. The number of hydrogen-bond donors (Lipinski definition) is 1. The Morgan fingerprint density at radius 3 is 2.85 bits per heavy atom. The molecule has 1 fully saturated rings. The molecular weight excluding hydrogens is 276 g/mol. The van der Waals surface area contributed by atoms with Crippen molar-refractivity contribution in [1.29, 1.82) is 0 Å². The number of nitrogens with one attached hydrogen (secondary N) is 1. The molecule has 0 unspecified atom stereocenters. The highest BCUT2D eigenvalue weighted by Crippen LogP contribution is 2.18. The van der Waals surface area contributed by atoms with Gasteiger partial charge in [-0.25, -0.2) is 0 Å². The van der Waals surface area contributed by atoms with Crippen LogP contribution < -0.4 is 5.32 Å². The van der Waals surface area contributed by atoms with Crippen molar-refractivity contribution in [2.45, 2.75) is 26.3 Å². The quantitative estimate of drug-likeness (QED) is 0.929. The Labute approximate surface area is 124 Å². The van der Waals surface area contributed by atoms with E-state index in [1.165, 1.54) is 0 Å². The molecule has 0 aromatic heterocycles. The van der Waals surface area contributed by atoms with Crippen molar-refractivity contribution in [1.82, 2.24) is 10.2 Å². The molecule has 1 saturated heterocycles. The van der Waals surface area contributed by atoms with Gasteiger partial charge in [-0.2, -0.15) is 0 Å². The van der Waals surface area contributed by atoms with Gasteiger partial charge in [0.15, 0.2) is 0 Å². The fraction of sp³-hybridized carbons (Fsp3) is 0.467. The Balaban J connectivity index is 1.89. The van der Waals surface area contributed by atoms with E-state index in [9.17, 15) is 9.59 Å². The van der Waals surface area contributed by atoms with Crippen LogP contribution >= 0.6 is 11.6 Å². The van der Waals surface area contributed by atoms with Crippen LogP contribution in [0, 0.1) is 5.92 Å². The molecule has 1 N–H and O–H groups in total. The summed E-state index contributed by atoms with van der Waals surface area (Å²) in [4.78, 5) is 25.3. The topological polar surface area (TPSA) is 49.4 Å². The Hall–Kier alpha value is -1.55. The van der Waals surface area contributed by atoms with Crippen LogP contribution in [-0.2, 0) is 16.1 Å². The molecule has 1 aliphatic heterocycles. The standard InChI is InChI=1S/C15H19ClN2O2/c1-11(19)18-8-4-6-13(10-18)15(20)17-9-12-5-2-3-7-14(12)16/h2-3,5,7,13H,4,6,8-10H2,1H3,(H,17,20)/t13-/m1/s1. The summed E-state index contributed by atoms with van der Waals surface area (Å²) in [6.07, 6.45) is 1.71. The fourth-order valence-electron chi connectivity index (χ4n) is 2.45. The summed E-state index contributed by atoms with van der Waals surface area (Å²) < 4.78 is 0. The number of hydrogen-bond acceptors (Lipinski definition) is 2. The number of carbonyl (C=O) groups excluding carboxylic acids is 2. The lowest BCUT2D eigenvalue weighted by atomic mass is 9.97. The average molecular weight is 295 g/mol. The average Bonchev–Trinajstić information content (AvgIpc) is 2.46. The van der Waals surface area contributed by atoms with Crippen molar-refractivity contribution in [3.63, 3.8) is 0 Å². The van der Waals surface area contributed by atoms with Crippen LogP contribution in [-0.4, -0.2) is 29.8 Å². The first-order valence-corrected chi connectivity index (χ1v) is 7.22. The molecule has 5 heteroatoms. The summed E-state index contributed by atoms with van der Waals surface area (Å²) >= 11 is 6.05. The molecule has 0 spiro atoms. The lowest BCUT2D eigenvalue weighted by Gasteiger charge is -2.31. The lowest BCUT2D eigenvalue weighted by molar-refractivity contribution is -0.134. The van der Waals surface area contributed by atoms with Crippen molar-refractivity contribution in [3.8, 4) is 0 Å². The molecule has 1 aromatic rings. The van der Waals surface area contributed by atoms with E-state index in [1.807, 2.05) is 18.2 Å². The van der Waals surface area contributed by atoms with E-state index < -0.39 is 0 Å². The molecule has 2 amide bonds. The normalized spacial score (nSPS) is 18.7. The maximum Gasteiger partial charge on any atom is 0.225 e. The second-order valence-electron chi connectivity index (χ2n) is 5.11. The lowest BCUT2D eigenvalue weighted by Crippen LogP contribution is -2.44. The maximum absolute atomic E-state index is 12.2. The highest BCUT2D eigenvalue weighted by molar-refractivity contribution is 6.31. The molecule has 1 heterocycles. The minimum Gasteiger partial charge on any atom is -0.352 e. The number of carbonyl (C=O) groups is 2. The fourth-order valence-corrected chi connectivity index (χ4v) is 2.65. The molecule has 0 aliphatic carbocycles. The van der Waals surface area contributed by atoms with Gasteiger partial charge in [-0.3, -0.25) is 9.59 Å². The van der Waals surface area contributed by atoms with Crippen molar-refractivity contribution in [3.05, 3.63) is 34.9 Å². The van der Waals surface area contributed by atoms with Gasteiger partial charge < -0.3 is 10.2 Å². The number of halogens is 1. The van der Waals surface area contributed by atoms with Crippen LogP contribution in [0.4, 0.5) is 0 Å². The van der Waals surface area contributed by atoms with Gasteiger partial charge >= 0.3 is 0 Å². The molecule has 0 bridgehead atoms. The minimum atomic E-state index is -0.116.